The second-order valence-electron chi connectivity index (χ2n) is 5.13. The van der Waals surface area contributed by atoms with Gasteiger partial charge in [-0.15, -0.1) is 0 Å². The molecule has 1 aliphatic carbocycles. The second-order valence-corrected chi connectivity index (χ2v) is 5.13. The van der Waals surface area contributed by atoms with Crippen LogP contribution in [0.4, 0.5) is 5.69 Å². The quantitative estimate of drug-likeness (QED) is 0.793. The molecule has 0 heterocycles. The minimum absolute atomic E-state index is 0.00663. The van der Waals surface area contributed by atoms with E-state index in [1.165, 1.54) is 0 Å². The standard InChI is InChI=1S/C15H22N2O2/c1-2-9-19-13-7-5-12(6-8-13)17-15(18)10-14(16)11-3-4-11/h5-8,11,14H,2-4,9-10,16H2,1H3,(H,17,18). The lowest BCUT2D eigenvalue weighted by Gasteiger charge is -2.11. The van der Waals surface area contributed by atoms with Crippen LogP contribution in [0.3, 0.4) is 0 Å². The number of anilines is 1. The highest BCUT2D eigenvalue weighted by atomic mass is 16.5. The van der Waals surface area contributed by atoms with E-state index in [0.29, 0.717) is 18.9 Å². The fourth-order valence-corrected chi connectivity index (χ4v) is 1.97. The lowest BCUT2D eigenvalue weighted by atomic mass is 10.1. The van der Waals surface area contributed by atoms with Crippen LogP contribution in [-0.2, 0) is 4.79 Å². The van der Waals surface area contributed by atoms with Crippen molar-refractivity contribution in [2.45, 2.75) is 38.6 Å². The summed E-state index contributed by atoms with van der Waals surface area (Å²) < 4.78 is 5.49. The minimum Gasteiger partial charge on any atom is -0.494 e. The molecule has 0 radical (unpaired) electrons. The molecule has 4 nitrogen and oxygen atoms in total. The molecular weight excluding hydrogens is 240 g/mol. The van der Waals surface area contributed by atoms with Crippen LogP contribution in [0.25, 0.3) is 0 Å². The Labute approximate surface area is 114 Å². The van der Waals surface area contributed by atoms with Crippen molar-refractivity contribution in [2.75, 3.05) is 11.9 Å². The van der Waals surface area contributed by atoms with E-state index in [0.717, 1.165) is 30.7 Å². The normalized spacial score (nSPS) is 15.9. The summed E-state index contributed by atoms with van der Waals surface area (Å²) in [5.74, 6) is 1.37. The van der Waals surface area contributed by atoms with Crippen molar-refractivity contribution in [1.29, 1.82) is 0 Å². The summed E-state index contributed by atoms with van der Waals surface area (Å²) in [6.45, 7) is 2.78. The summed E-state index contributed by atoms with van der Waals surface area (Å²) in [5, 5.41) is 2.86. The van der Waals surface area contributed by atoms with Crippen LogP contribution >= 0.6 is 0 Å². The molecule has 1 fully saturated rings. The first kappa shape index (κ1) is 13.9. The highest BCUT2D eigenvalue weighted by molar-refractivity contribution is 5.91. The number of hydrogen-bond acceptors (Lipinski definition) is 3. The first-order valence-electron chi connectivity index (χ1n) is 6.97. The molecule has 1 aromatic carbocycles. The molecule has 4 heteroatoms. The lowest BCUT2D eigenvalue weighted by molar-refractivity contribution is -0.116. The Balaban J connectivity index is 1.79. The number of nitrogens with two attached hydrogens (primary N) is 1. The number of hydrogen-bond donors (Lipinski definition) is 2. The van der Waals surface area contributed by atoms with Gasteiger partial charge in [0, 0.05) is 18.2 Å². The molecule has 1 unspecified atom stereocenters. The molecule has 0 bridgehead atoms. The number of nitrogens with one attached hydrogen (secondary N) is 1. The van der Waals surface area contributed by atoms with Crippen LogP contribution < -0.4 is 15.8 Å². The predicted molar refractivity (Wildman–Crippen MR) is 76.2 cm³/mol. The Bertz CT molecular complexity index is 413. The van der Waals surface area contributed by atoms with Gasteiger partial charge in [-0.05, 0) is 49.4 Å². The summed E-state index contributed by atoms with van der Waals surface area (Å²) in [6.07, 6.45) is 3.71. The van der Waals surface area contributed by atoms with Crippen molar-refractivity contribution in [3.05, 3.63) is 24.3 Å². The monoisotopic (exact) mass is 262 g/mol. The molecule has 1 aliphatic rings. The number of rotatable bonds is 7. The topological polar surface area (TPSA) is 64.3 Å². The lowest BCUT2D eigenvalue weighted by Crippen LogP contribution is -2.28. The smallest absolute Gasteiger partial charge is 0.225 e. The SMILES string of the molecule is CCCOc1ccc(NC(=O)CC(N)C2CC2)cc1. The zero-order chi connectivity index (χ0) is 13.7. The molecule has 0 aliphatic heterocycles. The third-order valence-electron chi connectivity index (χ3n) is 3.26. The Kier molecular flexibility index (Phi) is 4.80. The third-order valence-corrected chi connectivity index (χ3v) is 3.26. The van der Waals surface area contributed by atoms with Crippen molar-refractivity contribution >= 4 is 11.6 Å². The van der Waals surface area contributed by atoms with Crippen molar-refractivity contribution in [2.24, 2.45) is 11.7 Å². The van der Waals surface area contributed by atoms with Gasteiger partial charge in [-0.2, -0.15) is 0 Å². The highest BCUT2D eigenvalue weighted by Gasteiger charge is 2.29. The van der Waals surface area contributed by atoms with Gasteiger partial charge in [0.05, 0.1) is 6.61 Å². The van der Waals surface area contributed by atoms with Crippen LogP contribution in [0.5, 0.6) is 5.75 Å². The van der Waals surface area contributed by atoms with Gasteiger partial charge in [0.15, 0.2) is 0 Å². The Morgan fingerprint density at radius 1 is 1.42 bits per heavy atom. The molecule has 19 heavy (non-hydrogen) atoms. The van der Waals surface area contributed by atoms with Crippen molar-refractivity contribution < 1.29 is 9.53 Å². The molecule has 1 amide bonds. The summed E-state index contributed by atoms with van der Waals surface area (Å²) in [7, 11) is 0. The van der Waals surface area contributed by atoms with Crippen molar-refractivity contribution in [3.8, 4) is 5.75 Å². The average Bonchev–Trinajstić information content (AvgIpc) is 3.22. The van der Waals surface area contributed by atoms with E-state index in [4.69, 9.17) is 10.5 Å². The van der Waals surface area contributed by atoms with Gasteiger partial charge in [-0.1, -0.05) is 6.92 Å². The Morgan fingerprint density at radius 2 is 2.11 bits per heavy atom. The summed E-state index contributed by atoms with van der Waals surface area (Å²) in [6, 6.07) is 7.45. The first-order valence-corrected chi connectivity index (χ1v) is 6.97. The van der Waals surface area contributed by atoms with E-state index in [-0.39, 0.29) is 11.9 Å². The molecule has 0 saturated heterocycles. The molecule has 104 valence electrons. The largest absolute Gasteiger partial charge is 0.494 e. The molecule has 1 saturated carbocycles. The van der Waals surface area contributed by atoms with Crippen LogP contribution in [0.1, 0.15) is 32.6 Å². The van der Waals surface area contributed by atoms with Crippen LogP contribution in [0.15, 0.2) is 24.3 Å². The zero-order valence-corrected chi connectivity index (χ0v) is 11.4. The molecular formula is C15H22N2O2. The van der Waals surface area contributed by atoms with Gasteiger partial charge in [0.1, 0.15) is 5.75 Å². The van der Waals surface area contributed by atoms with E-state index in [2.05, 4.69) is 12.2 Å². The van der Waals surface area contributed by atoms with Crippen LogP contribution in [0.2, 0.25) is 0 Å². The third kappa shape index (κ3) is 4.56. The van der Waals surface area contributed by atoms with Gasteiger partial charge in [-0.25, -0.2) is 0 Å². The van der Waals surface area contributed by atoms with E-state index in [1.54, 1.807) is 0 Å². The van der Waals surface area contributed by atoms with Gasteiger partial charge in [-0.3, -0.25) is 4.79 Å². The van der Waals surface area contributed by atoms with Crippen LogP contribution in [0, 0.1) is 5.92 Å². The number of carbonyl (C=O) groups excluding carboxylic acids is 1. The van der Waals surface area contributed by atoms with Crippen molar-refractivity contribution in [3.63, 3.8) is 0 Å². The first-order chi connectivity index (χ1) is 9.19. The second kappa shape index (κ2) is 6.57. The van der Waals surface area contributed by atoms with Gasteiger partial charge in [0.25, 0.3) is 0 Å². The summed E-state index contributed by atoms with van der Waals surface area (Å²) in [5.41, 5.74) is 6.72. The van der Waals surface area contributed by atoms with Gasteiger partial charge in [0.2, 0.25) is 5.91 Å². The average molecular weight is 262 g/mol. The van der Waals surface area contributed by atoms with Gasteiger partial charge < -0.3 is 15.8 Å². The van der Waals surface area contributed by atoms with E-state index < -0.39 is 0 Å². The number of carbonyl (C=O) groups is 1. The zero-order valence-electron chi connectivity index (χ0n) is 11.4. The molecule has 0 aromatic heterocycles. The number of benzene rings is 1. The molecule has 0 spiro atoms. The predicted octanol–water partition coefficient (Wildman–Crippen LogP) is 2.54. The molecule has 2 rings (SSSR count). The highest BCUT2D eigenvalue weighted by Crippen LogP contribution is 2.32. The van der Waals surface area contributed by atoms with Gasteiger partial charge >= 0.3 is 0 Å². The van der Waals surface area contributed by atoms with Crippen molar-refractivity contribution in [1.82, 2.24) is 0 Å². The number of ether oxygens (including phenoxy) is 1. The summed E-state index contributed by atoms with van der Waals surface area (Å²) >= 11 is 0. The van der Waals surface area contributed by atoms with E-state index in [9.17, 15) is 4.79 Å². The molecule has 1 atom stereocenters. The molecule has 3 N–H and O–H groups in total. The fourth-order valence-electron chi connectivity index (χ4n) is 1.97. The summed E-state index contributed by atoms with van der Waals surface area (Å²) in [4.78, 5) is 11.8. The Morgan fingerprint density at radius 3 is 2.68 bits per heavy atom. The van der Waals surface area contributed by atoms with E-state index >= 15 is 0 Å². The fraction of sp³-hybridized carbons (Fsp3) is 0.533. The maximum absolute atomic E-state index is 11.8. The van der Waals surface area contributed by atoms with E-state index in [1.807, 2.05) is 24.3 Å². The molecule has 1 aromatic rings. The maximum Gasteiger partial charge on any atom is 0.225 e. The number of amides is 1. The minimum atomic E-state index is -0.0124. The van der Waals surface area contributed by atoms with Crippen LogP contribution in [-0.4, -0.2) is 18.6 Å². The Hall–Kier alpha value is -1.55. The maximum atomic E-state index is 11.8.